The van der Waals surface area contributed by atoms with Crippen LogP contribution in [0.25, 0.3) is 0 Å². The molecule has 5 nitrogen and oxygen atoms in total. The Balaban J connectivity index is 2.38. The van der Waals surface area contributed by atoms with Gasteiger partial charge in [0.2, 0.25) is 11.8 Å². The average molecular weight is 269 g/mol. The molecule has 1 atom stereocenters. The van der Waals surface area contributed by atoms with Crippen LogP contribution in [0.3, 0.4) is 0 Å². The number of carbonyl (C=O) groups is 2. The van der Waals surface area contributed by atoms with Crippen LogP contribution in [0.15, 0.2) is 0 Å². The minimum atomic E-state index is -0.433. The summed E-state index contributed by atoms with van der Waals surface area (Å²) in [6, 6.07) is 0.0796. The number of rotatable bonds is 4. The van der Waals surface area contributed by atoms with Gasteiger partial charge in [0.05, 0.1) is 6.04 Å². The van der Waals surface area contributed by atoms with Crippen LogP contribution in [-0.2, 0) is 9.59 Å². The molecule has 1 aliphatic rings. The van der Waals surface area contributed by atoms with E-state index in [1.165, 1.54) is 0 Å². The summed E-state index contributed by atoms with van der Waals surface area (Å²) >= 11 is 0. The Labute approximate surface area is 115 Å². The number of nitrogens with two attached hydrogens (primary N) is 1. The van der Waals surface area contributed by atoms with Gasteiger partial charge in [-0.15, -0.1) is 0 Å². The number of nitrogens with one attached hydrogen (secondary N) is 1. The molecule has 1 fully saturated rings. The van der Waals surface area contributed by atoms with Crippen LogP contribution in [-0.4, -0.2) is 41.9 Å². The van der Waals surface area contributed by atoms with E-state index in [1.54, 1.807) is 11.8 Å². The summed E-state index contributed by atoms with van der Waals surface area (Å²) in [7, 11) is 1.85. The molecule has 1 saturated carbocycles. The minimum Gasteiger partial charge on any atom is -0.352 e. The van der Waals surface area contributed by atoms with E-state index in [0.717, 1.165) is 25.7 Å². The van der Waals surface area contributed by atoms with Gasteiger partial charge in [0.15, 0.2) is 0 Å². The van der Waals surface area contributed by atoms with Crippen LogP contribution >= 0.6 is 0 Å². The van der Waals surface area contributed by atoms with Crippen LogP contribution in [0, 0.1) is 5.92 Å². The lowest BCUT2D eigenvalue weighted by atomic mass is 9.90. The molecule has 2 amide bonds. The van der Waals surface area contributed by atoms with E-state index in [9.17, 15) is 9.59 Å². The Hall–Kier alpha value is -1.10. The smallest absolute Gasteiger partial charge is 0.237 e. The third-order valence-corrected chi connectivity index (χ3v) is 4.11. The first-order valence-corrected chi connectivity index (χ1v) is 7.12. The lowest BCUT2D eigenvalue weighted by Gasteiger charge is -2.35. The molecule has 1 aliphatic carbocycles. The molecule has 0 aromatic heterocycles. The number of nitrogens with zero attached hydrogens (tertiary/aromatic N) is 1. The van der Waals surface area contributed by atoms with Gasteiger partial charge >= 0.3 is 0 Å². The zero-order valence-corrected chi connectivity index (χ0v) is 12.5. The Morgan fingerprint density at radius 1 is 1.21 bits per heavy atom. The molecule has 0 radical (unpaired) electrons. The van der Waals surface area contributed by atoms with Gasteiger partial charge in [-0.1, -0.05) is 13.8 Å². The topological polar surface area (TPSA) is 75.4 Å². The maximum atomic E-state index is 11.9. The second-order valence-corrected chi connectivity index (χ2v) is 5.91. The first-order valence-electron chi connectivity index (χ1n) is 7.12. The number of carbonyl (C=O) groups excluding carboxylic acids is 2. The van der Waals surface area contributed by atoms with Gasteiger partial charge in [0.25, 0.3) is 0 Å². The molecule has 19 heavy (non-hydrogen) atoms. The summed E-state index contributed by atoms with van der Waals surface area (Å²) in [6.45, 7) is 5.49. The molecule has 110 valence electrons. The van der Waals surface area contributed by atoms with Crippen molar-refractivity contribution < 1.29 is 9.59 Å². The third kappa shape index (κ3) is 4.49. The average Bonchev–Trinajstić information content (AvgIpc) is 2.37. The van der Waals surface area contributed by atoms with Gasteiger partial charge < -0.3 is 16.0 Å². The van der Waals surface area contributed by atoms with Crippen molar-refractivity contribution in [1.29, 1.82) is 0 Å². The van der Waals surface area contributed by atoms with Gasteiger partial charge in [-0.25, -0.2) is 0 Å². The maximum Gasteiger partial charge on any atom is 0.237 e. The number of hydrogen-bond donors (Lipinski definition) is 2. The Morgan fingerprint density at radius 2 is 1.74 bits per heavy atom. The van der Waals surface area contributed by atoms with Gasteiger partial charge in [-0.3, -0.25) is 9.59 Å². The first kappa shape index (κ1) is 16.0. The van der Waals surface area contributed by atoms with Crippen molar-refractivity contribution in [3.63, 3.8) is 0 Å². The summed E-state index contributed by atoms with van der Waals surface area (Å²) < 4.78 is 0. The molecule has 0 spiro atoms. The highest BCUT2D eigenvalue weighted by Crippen LogP contribution is 2.22. The summed E-state index contributed by atoms with van der Waals surface area (Å²) in [5.41, 5.74) is 5.83. The van der Waals surface area contributed by atoms with E-state index in [2.05, 4.69) is 5.32 Å². The summed E-state index contributed by atoms with van der Waals surface area (Å²) in [6.07, 6.45) is 3.72. The van der Waals surface area contributed by atoms with Crippen molar-refractivity contribution in [2.24, 2.45) is 11.7 Å². The molecule has 3 N–H and O–H groups in total. The maximum absolute atomic E-state index is 11.9. The summed E-state index contributed by atoms with van der Waals surface area (Å²) in [5.74, 6) is 0.202. The van der Waals surface area contributed by atoms with Crippen molar-refractivity contribution in [1.82, 2.24) is 10.2 Å². The number of amides is 2. The molecule has 0 saturated heterocycles. The van der Waals surface area contributed by atoms with Gasteiger partial charge in [-0.2, -0.15) is 0 Å². The second kappa shape index (κ2) is 6.89. The summed E-state index contributed by atoms with van der Waals surface area (Å²) in [4.78, 5) is 25.0. The highest BCUT2D eigenvalue weighted by atomic mass is 16.2. The zero-order valence-electron chi connectivity index (χ0n) is 12.5. The molecule has 0 aromatic rings. The van der Waals surface area contributed by atoms with Crippen molar-refractivity contribution in [2.75, 3.05) is 7.05 Å². The Kier molecular flexibility index (Phi) is 5.79. The first-order chi connectivity index (χ1) is 8.82. The highest BCUT2D eigenvalue weighted by molar-refractivity contribution is 5.82. The van der Waals surface area contributed by atoms with Crippen molar-refractivity contribution in [3.8, 4) is 0 Å². The SMILES string of the molecule is CC(=O)N(C)C1CCC(NC(=O)[C@@H](N)C(C)C)CC1. The quantitative estimate of drug-likeness (QED) is 0.795. The van der Waals surface area contributed by atoms with Crippen LogP contribution in [0.2, 0.25) is 0 Å². The second-order valence-electron chi connectivity index (χ2n) is 5.91. The van der Waals surface area contributed by atoms with Crippen LogP contribution in [0.1, 0.15) is 46.5 Å². The molecular formula is C14H27N3O2. The fourth-order valence-electron chi connectivity index (χ4n) is 2.46. The molecule has 0 heterocycles. The zero-order chi connectivity index (χ0) is 14.6. The number of hydrogen-bond acceptors (Lipinski definition) is 3. The largest absolute Gasteiger partial charge is 0.352 e. The molecule has 1 rings (SSSR count). The van der Waals surface area contributed by atoms with Gasteiger partial charge in [-0.05, 0) is 31.6 Å². The molecule has 0 aromatic carbocycles. The van der Waals surface area contributed by atoms with Crippen LogP contribution < -0.4 is 11.1 Å². The van der Waals surface area contributed by atoms with E-state index < -0.39 is 6.04 Å². The normalized spacial score (nSPS) is 24.9. The fourth-order valence-corrected chi connectivity index (χ4v) is 2.46. The van der Waals surface area contributed by atoms with Crippen LogP contribution in [0.5, 0.6) is 0 Å². The highest BCUT2D eigenvalue weighted by Gasteiger charge is 2.27. The predicted octanol–water partition coefficient (Wildman–Crippen LogP) is 0.875. The van der Waals surface area contributed by atoms with Crippen LogP contribution in [0.4, 0.5) is 0 Å². The van der Waals surface area contributed by atoms with E-state index in [-0.39, 0.29) is 23.8 Å². The molecular weight excluding hydrogens is 242 g/mol. The van der Waals surface area contributed by atoms with Gasteiger partial charge in [0.1, 0.15) is 0 Å². The molecule has 0 unspecified atom stereocenters. The predicted molar refractivity (Wildman–Crippen MR) is 75.4 cm³/mol. The third-order valence-electron chi connectivity index (χ3n) is 4.11. The fraction of sp³-hybridized carbons (Fsp3) is 0.857. The molecule has 0 aliphatic heterocycles. The Morgan fingerprint density at radius 3 is 2.16 bits per heavy atom. The lowest BCUT2D eigenvalue weighted by molar-refractivity contribution is -0.130. The van der Waals surface area contributed by atoms with Crippen molar-refractivity contribution in [3.05, 3.63) is 0 Å². The van der Waals surface area contributed by atoms with Crippen molar-refractivity contribution in [2.45, 2.75) is 64.6 Å². The molecule has 0 bridgehead atoms. The van der Waals surface area contributed by atoms with E-state index >= 15 is 0 Å². The lowest BCUT2D eigenvalue weighted by Crippen LogP contribution is -2.50. The van der Waals surface area contributed by atoms with E-state index in [1.807, 2.05) is 20.9 Å². The Bertz CT molecular complexity index is 323. The van der Waals surface area contributed by atoms with Crippen molar-refractivity contribution >= 4 is 11.8 Å². The van der Waals surface area contributed by atoms with Gasteiger partial charge in [0, 0.05) is 26.1 Å². The summed E-state index contributed by atoms with van der Waals surface area (Å²) in [5, 5.41) is 3.02. The minimum absolute atomic E-state index is 0.0571. The monoisotopic (exact) mass is 269 g/mol. The van der Waals surface area contributed by atoms with E-state index in [4.69, 9.17) is 5.73 Å². The van der Waals surface area contributed by atoms with E-state index in [0.29, 0.717) is 6.04 Å². The molecule has 5 heteroatoms. The standard InChI is InChI=1S/C14H27N3O2/c1-9(2)13(15)14(19)16-11-5-7-12(8-6-11)17(4)10(3)18/h9,11-13H,5-8,15H2,1-4H3,(H,16,19)/t11?,12?,13-/m0/s1.